The van der Waals surface area contributed by atoms with Gasteiger partial charge in [0.05, 0.1) is 16.4 Å². The molecule has 86 valence electrons. The standard InChI is InChI=1S/C8H10O5S2.Na.H/c9-14(10,6-7-15(11,12)13)8-4-2-1-3-5-8;;/h1-5H,6-7H2,(H,11,12,13);;/q;+1;-1. The minimum absolute atomic E-state index is 0. The quantitative estimate of drug-likeness (QED) is 0.483. The zero-order valence-corrected chi connectivity index (χ0v) is 12.3. The van der Waals surface area contributed by atoms with Gasteiger partial charge in [-0.15, -0.1) is 0 Å². The predicted molar refractivity (Wildman–Crippen MR) is 56.0 cm³/mol. The molecular weight excluding hydrogens is 263 g/mol. The summed E-state index contributed by atoms with van der Waals surface area (Å²) >= 11 is 0. The maximum atomic E-state index is 11.5. The van der Waals surface area contributed by atoms with Crippen LogP contribution in [0.3, 0.4) is 0 Å². The number of benzene rings is 1. The second-order valence-corrected chi connectivity index (χ2v) is 6.60. The van der Waals surface area contributed by atoms with E-state index in [1.54, 1.807) is 18.2 Å². The summed E-state index contributed by atoms with van der Waals surface area (Å²) in [6.07, 6.45) is 0. The van der Waals surface area contributed by atoms with Crippen LogP contribution in [-0.2, 0) is 20.0 Å². The Morgan fingerprint density at radius 2 is 1.50 bits per heavy atom. The molecule has 1 aromatic carbocycles. The van der Waals surface area contributed by atoms with E-state index in [9.17, 15) is 16.8 Å². The van der Waals surface area contributed by atoms with Crippen molar-refractivity contribution in [1.29, 1.82) is 0 Å². The van der Waals surface area contributed by atoms with Crippen molar-refractivity contribution in [2.75, 3.05) is 11.5 Å². The molecule has 1 N–H and O–H groups in total. The Balaban J connectivity index is 0. The molecule has 0 fully saturated rings. The van der Waals surface area contributed by atoms with Gasteiger partial charge in [-0.05, 0) is 12.1 Å². The van der Waals surface area contributed by atoms with E-state index in [1.807, 2.05) is 0 Å². The Morgan fingerprint density at radius 1 is 1.00 bits per heavy atom. The summed E-state index contributed by atoms with van der Waals surface area (Å²) in [7, 11) is -7.88. The maximum Gasteiger partial charge on any atom is 1.00 e. The van der Waals surface area contributed by atoms with E-state index in [2.05, 4.69) is 0 Å². The van der Waals surface area contributed by atoms with Gasteiger partial charge in [0, 0.05) is 0 Å². The van der Waals surface area contributed by atoms with Crippen LogP contribution in [0.25, 0.3) is 0 Å². The van der Waals surface area contributed by atoms with Gasteiger partial charge >= 0.3 is 29.6 Å². The van der Waals surface area contributed by atoms with Crippen LogP contribution in [0.15, 0.2) is 35.2 Å². The average Bonchev–Trinajstić information content (AvgIpc) is 2.16. The average molecular weight is 274 g/mol. The minimum atomic E-state index is -4.24. The van der Waals surface area contributed by atoms with Crippen LogP contribution in [-0.4, -0.2) is 32.9 Å². The summed E-state index contributed by atoms with van der Waals surface area (Å²) in [4.78, 5) is 0.0497. The molecule has 8 heteroatoms. The SMILES string of the molecule is O=S(=O)(O)CCS(=O)(=O)c1ccccc1.[H-].[Na+]. The number of hydrogen-bond donors (Lipinski definition) is 1. The monoisotopic (exact) mass is 274 g/mol. The summed E-state index contributed by atoms with van der Waals surface area (Å²) in [6.45, 7) is 0. The topological polar surface area (TPSA) is 88.5 Å². The molecule has 1 aromatic rings. The largest absolute Gasteiger partial charge is 1.00 e. The molecule has 0 heterocycles. The second-order valence-electron chi connectivity index (χ2n) is 2.92. The fourth-order valence-corrected chi connectivity index (χ4v) is 3.49. The van der Waals surface area contributed by atoms with Gasteiger partial charge in [0.15, 0.2) is 9.84 Å². The zero-order chi connectivity index (χ0) is 11.5. The molecule has 16 heavy (non-hydrogen) atoms. The Bertz CT molecular complexity index is 526. The van der Waals surface area contributed by atoms with Crippen molar-refractivity contribution in [3.05, 3.63) is 30.3 Å². The van der Waals surface area contributed by atoms with Crippen LogP contribution < -0.4 is 29.6 Å². The van der Waals surface area contributed by atoms with Crippen molar-refractivity contribution in [3.8, 4) is 0 Å². The van der Waals surface area contributed by atoms with Gasteiger partial charge < -0.3 is 1.43 Å². The van der Waals surface area contributed by atoms with E-state index in [-0.39, 0.29) is 35.9 Å². The van der Waals surface area contributed by atoms with Gasteiger partial charge in [-0.3, -0.25) is 4.55 Å². The molecular formula is C8H11NaO5S2. The fraction of sp³-hybridized carbons (Fsp3) is 0.250. The number of rotatable bonds is 4. The third kappa shape index (κ3) is 5.42. The van der Waals surface area contributed by atoms with E-state index >= 15 is 0 Å². The van der Waals surface area contributed by atoms with Crippen molar-refractivity contribution in [3.63, 3.8) is 0 Å². The Morgan fingerprint density at radius 3 is 1.94 bits per heavy atom. The summed E-state index contributed by atoms with van der Waals surface area (Å²) in [5, 5.41) is 0. The molecule has 0 aromatic heterocycles. The molecule has 0 unspecified atom stereocenters. The van der Waals surface area contributed by atoms with Crippen LogP contribution >= 0.6 is 0 Å². The van der Waals surface area contributed by atoms with Crippen LogP contribution in [0.2, 0.25) is 0 Å². The third-order valence-corrected chi connectivity index (χ3v) is 4.42. The van der Waals surface area contributed by atoms with Gasteiger partial charge in [-0.1, -0.05) is 18.2 Å². The van der Waals surface area contributed by atoms with Crippen LogP contribution in [0.4, 0.5) is 0 Å². The Hall–Kier alpha value is 0.0800. The molecule has 0 aliphatic rings. The van der Waals surface area contributed by atoms with Crippen molar-refractivity contribution >= 4 is 20.0 Å². The number of hydrogen-bond acceptors (Lipinski definition) is 4. The second kappa shape index (κ2) is 6.13. The van der Waals surface area contributed by atoms with E-state index < -0.39 is 31.5 Å². The molecule has 0 aliphatic heterocycles. The van der Waals surface area contributed by atoms with E-state index in [4.69, 9.17) is 4.55 Å². The van der Waals surface area contributed by atoms with Gasteiger partial charge in [0.25, 0.3) is 10.1 Å². The van der Waals surface area contributed by atoms with Crippen LogP contribution in [0.5, 0.6) is 0 Å². The van der Waals surface area contributed by atoms with Crippen LogP contribution in [0, 0.1) is 0 Å². The van der Waals surface area contributed by atoms with Crippen molar-refractivity contribution in [1.82, 2.24) is 0 Å². The van der Waals surface area contributed by atoms with Gasteiger partial charge in [0.2, 0.25) is 0 Å². The zero-order valence-electron chi connectivity index (χ0n) is 9.70. The summed E-state index contributed by atoms with van der Waals surface area (Å²) in [6, 6.07) is 7.49. The molecule has 0 spiro atoms. The molecule has 0 radical (unpaired) electrons. The first-order valence-electron chi connectivity index (χ1n) is 4.04. The molecule has 0 saturated heterocycles. The fourth-order valence-electron chi connectivity index (χ4n) is 0.961. The van der Waals surface area contributed by atoms with Crippen molar-refractivity contribution in [2.24, 2.45) is 0 Å². The van der Waals surface area contributed by atoms with Gasteiger partial charge in [-0.2, -0.15) is 8.42 Å². The minimum Gasteiger partial charge on any atom is -1.00 e. The van der Waals surface area contributed by atoms with Gasteiger partial charge in [-0.25, -0.2) is 8.42 Å². The first-order chi connectivity index (χ1) is 6.81. The maximum absolute atomic E-state index is 11.5. The van der Waals surface area contributed by atoms with E-state index in [0.717, 1.165) is 0 Å². The molecule has 0 aliphatic carbocycles. The van der Waals surface area contributed by atoms with E-state index in [0.29, 0.717) is 0 Å². The molecule has 5 nitrogen and oxygen atoms in total. The van der Waals surface area contributed by atoms with Crippen molar-refractivity contribution < 1.29 is 52.4 Å². The molecule has 1 rings (SSSR count). The van der Waals surface area contributed by atoms with Gasteiger partial charge in [0.1, 0.15) is 0 Å². The Labute approximate surface area is 118 Å². The van der Waals surface area contributed by atoms with Crippen molar-refractivity contribution in [2.45, 2.75) is 4.90 Å². The first kappa shape index (κ1) is 16.1. The molecule has 0 atom stereocenters. The van der Waals surface area contributed by atoms with E-state index in [1.165, 1.54) is 12.1 Å². The molecule has 0 bridgehead atoms. The summed E-state index contributed by atoms with van der Waals surface area (Å²) in [5.41, 5.74) is 0. The number of sulfone groups is 1. The van der Waals surface area contributed by atoms with Crippen LogP contribution in [0.1, 0.15) is 1.43 Å². The first-order valence-corrected chi connectivity index (χ1v) is 7.30. The third-order valence-electron chi connectivity index (χ3n) is 1.71. The predicted octanol–water partition coefficient (Wildman–Crippen LogP) is -2.54. The smallest absolute Gasteiger partial charge is 1.00 e. The summed E-state index contributed by atoms with van der Waals surface area (Å²) < 4.78 is 52.2. The molecule has 0 saturated carbocycles. The summed E-state index contributed by atoms with van der Waals surface area (Å²) in [5.74, 6) is -1.40. The Kier molecular flexibility index (Phi) is 6.16. The molecule has 0 amide bonds. The normalized spacial score (nSPS) is 11.8.